The lowest BCUT2D eigenvalue weighted by Crippen LogP contribution is -2.69. The van der Waals surface area contributed by atoms with Gasteiger partial charge in [0.25, 0.3) is 0 Å². The Labute approximate surface area is 152 Å². The van der Waals surface area contributed by atoms with E-state index in [2.05, 4.69) is 21.3 Å². The lowest BCUT2D eigenvalue weighted by Gasteiger charge is -2.45. The number of aromatic amines is 1. The fourth-order valence-corrected chi connectivity index (χ4v) is 4.35. The van der Waals surface area contributed by atoms with Gasteiger partial charge < -0.3 is 15.2 Å². The van der Waals surface area contributed by atoms with Crippen LogP contribution in [0.15, 0.2) is 30.5 Å². The van der Waals surface area contributed by atoms with Gasteiger partial charge >= 0.3 is 0 Å². The van der Waals surface area contributed by atoms with Crippen LogP contribution in [0.5, 0.6) is 0 Å². The summed E-state index contributed by atoms with van der Waals surface area (Å²) in [7, 11) is 0. The van der Waals surface area contributed by atoms with Crippen LogP contribution in [0.3, 0.4) is 0 Å². The molecule has 6 nitrogen and oxygen atoms in total. The van der Waals surface area contributed by atoms with Crippen molar-refractivity contribution in [1.82, 2.24) is 20.1 Å². The number of carbonyl (C=O) groups excluding carboxylic acids is 2. The molecule has 2 saturated heterocycles. The molecule has 0 bridgehead atoms. The van der Waals surface area contributed by atoms with Crippen molar-refractivity contribution in [2.75, 3.05) is 26.2 Å². The standard InChI is InChI=1S/C20H24N4O2/c25-19-18-12-23(11-13-5-6-13)7-8-24(18)20(26)17(22-19)9-14-10-21-16-4-2-1-3-15(14)16/h1-4,10,13,17-18,21H,5-9,11-12H2,(H,22,25)/t17-,18+/m0/s1. The molecule has 136 valence electrons. The highest BCUT2D eigenvalue weighted by molar-refractivity contribution is 5.98. The van der Waals surface area contributed by atoms with E-state index in [4.69, 9.17) is 0 Å². The summed E-state index contributed by atoms with van der Waals surface area (Å²) in [5.74, 6) is 0.861. The molecule has 1 aromatic heterocycles. The van der Waals surface area contributed by atoms with Crippen LogP contribution in [0.2, 0.25) is 0 Å². The van der Waals surface area contributed by atoms with Gasteiger partial charge in [-0.3, -0.25) is 14.5 Å². The van der Waals surface area contributed by atoms with E-state index >= 15 is 0 Å². The zero-order valence-electron chi connectivity index (χ0n) is 14.8. The van der Waals surface area contributed by atoms with Crippen LogP contribution < -0.4 is 5.32 Å². The van der Waals surface area contributed by atoms with Crippen molar-refractivity contribution in [3.63, 3.8) is 0 Å². The molecule has 3 heterocycles. The maximum atomic E-state index is 13.0. The number of benzene rings is 1. The van der Waals surface area contributed by atoms with Crippen LogP contribution in [0.1, 0.15) is 18.4 Å². The summed E-state index contributed by atoms with van der Waals surface area (Å²) >= 11 is 0. The summed E-state index contributed by atoms with van der Waals surface area (Å²) in [5, 5.41) is 4.10. The number of fused-ring (bicyclic) bond motifs is 2. The quantitative estimate of drug-likeness (QED) is 0.867. The number of aromatic nitrogens is 1. The molecule has 2 aromatic rings. The second-order valence-electron chi connectivity index (χ2n) is 7.88. The van der Waals surface area contributed by atoms with Crippen molar-refractivity contribution in [2.45, 2.75) is 31.3 Å². The maximum absolute atomic E-state index is 13.0. The Morgan fingerprint density at radius 3 is 2.81 bits per heavy atom. The highest BCUT2D eigenvalue weighted by atomic mass is 16.2. The van der Waals surface area contributed by atoms with Crippen LogP contribution >= 0.6 is 0 Å². The minimum Gasteiger partial charge on any atom is -0.361 e. The average molecular weight is 352 g/mol. The monoisotopic (exact) mass is 352 g/mol. The number of hydrogen-bond acceptors (Lipinski definition) is 3. The van der Waals surface area contributed by atoms with Crippen molar-refractivity contribution in [2.24, 2.45) is 5.92 Å². The molecule has 2 N–H and O–H groups in total. The van der Waals surface area contributed by atoms with Crippen LogP contribution in [-0.4, -0.2) is 64.9 Å². The number of H-pyrrole nitrogens is 1. The van der Waals surface area contributed by atoms with Gasteiger partial charge in [0.05, 0.1) is 0 Å². The molecule has 1 saturated carbocycles. The Bertz CT molecular complexity index is 856. The summed E-state index contributed by atoms with van der Waals surface area (Å²) in [6.07, 6.45) is 5.10. The molecular weight excluding hydrogens is 328 g/mol. The van der Waals surface area contributed by atoms with E-state index in [0.29, 0.717) is 19.5 Å². The Morgan fingerprint density at radius 2 is 1.96 bits per heavy atom. The van der Waals surface area contributed by atoms with Crippen molar-refractivity contribution >= 4 is 22.7 Å². The molecular formula is C20H24N4O2. The number of amides is 2. The molecule has 2 aliphatic heterocycles. The summed E-state index contributed by atoms with van der Waals surface area (Å²) in [4.78, 5) is 33.1. The van der Waals surface area contributed by atoms with Gasteiger partial charge in [0.15, 0.2) is 0 Å². The molecule has 1 aromatic carbocycles. The summed E-state index contributed by atoms with van der Waals surface area (Å²) in [6.45, 7) is 3.29. The smallest absolute Gasteiger partial charge is 0.246 e. The third-order valence-corrected chi connectivity index (χ3v) is 5.98. The Kier molecular flexibility index (Phi) is 3.74. The average Bonchev–Trinajstić information content (AvgIpc) is 3.38. The molecule has 6 heteroatoms. The van der Waals surface area contributed by atoms with E-state index in [9.17, 15) is 9.59 Å². The summed E-state index contributed by atoms with van der Waals surface area (Å²) in [5.41, 5.74) is 2.13. The van der Waals surface area contributed by atoms with Gasteiger partial charge in [0.2, 0.25) is 11.8 Å². The number of rotatable bonds is 4. The largest absolute Gasteiger partial charge is 0.361 e. The summed E-state index contributed by atoms with van der Waals surface area (Å²) in [6, 6.07) is 7.27. The molecule has 3 fully saturated rings. The molecule has 3 aliphatic rings. The van der Waals surface area contributed by atoms with Gasteiger partial charge in [-0.1, -0.05) is 18.2 Å². The maximum Gasteiger partial charge on any atom is 0.246 e. The summed E-state index contributed by atoms with van der Waals surface area (Å²) < 4.78 is 0. The van der Waals surface area contributed by atoms with E-state index in [0.717, 1.165) is 35.5 Å². The minimum absolute atomic E-state index is 0.00469. The predicted octanol–water partition coefficient (Wildman–Crippen LogP) is 1.13. The Hall–Kier alpha value is -2.34. The van der Waals surface area contributed by atoms with E-state index in [1.54, 1.807) is 0 Å². The Balaban J connectivity index is 1.31. The molecule has 0 unspecified atom stereocenters. The van der Waals surface area contributed by atoms with Crippen LogP contribution in [-0.2, 0) is 16.0 Å². The van der Waals surface area contributed by atoms with Crippen molar-refractivity contribution in [3.05, 3.63) is 36.0 Å². The first-order chi connectivity index (χ1) is 12.7. The van der Waals surface area contributed by atoms with Gasteiger partial charge in [0.1, 0.15) is 12.1 Å². The topological polar surface area (TPSA) is 68.4 Å². The molecule has 0 radical (unpaired) electrons. The Morgan fingerprint density at radius 1 is 1.12 bits per heavy atom. The van der Waals surface area contributed by atoms with Crippen LogP contribution in [0.4, 0.5) is 0 Å². The second kappa shape index (κ2) is 6.13. The van der Waals surface area contributed by atoms with E-state index < -0.39 is 6.04 Å². The zero-order chi connectivity index (χ0) is 17.7. The first-order valence-electron chi connectivity index (χ1n) is 9.57. The van der Waals surface area contributed by atoms with Gasteiger partial charge in [0, 0.05) is 49.7 Å². The zero-order valence-corrected chi connectivity index (χ0v) is 14.8. The van der Waals surface area contributed by atoms with Crippen LogP contribution in [0, 0.1) is 5.92 Å². The van der Waals surface area contributed by atoms with Crippen LogP contribution in [0.25, 0.3) is 10.9 Å². The van der Waals surface area contributed by atoms with E-state index in [-0.39, 0.29) is 17.9 Å². The van der Waals surface area contributed by atoms with Gasteiger partial charge in [-0.2, -0.15) is 0 Å². The SMILES string of the molecule is O=C1N[C@@H](Cc2c[nH]c3ccccc23)C(=O)N2CCN(CC3CC3)C[C@H]12. The van der Waals surface area contributed by atoms with Gasteiger partial charge in [-0.25, -0.2) is 0 Å². The normalized spacial score (nSPS) is 26.8. The molecule has 2 atom stereocenters. The highest BCUT2D eigenvalue weighted by Crippen LogP contribution is 2.31. The fourth-order valence-electron chi connectivity index (χ4n) is 4.35. The number of hydrogen-bond donors (Lipinski definition) is 2. The first kappa shape index (κ1) is 15.9. The van der Waals surface area contributed by atoms with E-state index in [1.807, 2.05) is 29.3 Å². The number of piperazine rings is 2. The van der Waals surface area contributed by atoms with E-state index in [1.165, 1.54) is 12.8 Å². The predicted molar refractivity (Wildman–Crippen MR) is 98.6 cm³/mol. The molecule has 26 heavy (non-hydrogen) atoms. The third-order valence-electron chi connectivity index (χ3n) is 5.98. The molecule has 0 spiro atoms. The van der Waals surface area contributed by atoms with Gasteiger partial charge in [-0.15, -0.1) is 0 Å². The third kappa shape index (κ3) is 2.78. The molecule has 1 aliphatic carbocycles. The second-order valence-corrected chi connectivity index (χ2v) is 7.88. The number of nitrogens with zero attached hydrogens (tertiary/aromatic N) is 2. The minimum atomic E-state index is -0.465. The van der Waals surface area contributed by atoms with Crippen molar-refractivity contribution < 1.29 is 9.59 Å². The van der Waals surface area contributed by atoms with Gasteiger partial charge in [-0.05, 0) is 30.4 Å². The lowest BCUT2D eigenvalue weighted by atomic mass is 9.98. The highest BCUT2D eigenvalue weighted by Gasteiger charge is 2.44. The number of para-hydroxylation sites is 1. The first-order valence-corrected chi connectivity index (χ1v) is 9.57. The molecule has 5 rings (SSSR count). The molecule has 2 amide bonds. The number of carbonyl (C=O) groups is 2. The lowest BCUT2D eigenvalue weighted by molar-refractivity contribution is -0.152. The fraction of sp³-hybridized carbons (Fsp3) is 0.500. The van der Waals surface area contributed by atoms with Crippen molar-refractivity contribution in [1.29, 1.82) is 0 Å². The van der Waals surface area contributed by atoms with Crippen molar-refractivity contribution in [3.8, 4) is 0 Å². The number of nitrogens with one attached hydrogen (secondary N) is 2.